The van der Waals surface area contributed by atoms with Crippen LogP contribution in [-0.4, -0.2) is 17.9 Å². The largest absolute Gasteiger partial charge is 0.337 e. The summed E-state index contributed by atoms with van der Waals surface area (Å²) in [5, 5.41) is 0.699. The standard InChI is InChI=1S/C15H13BrClNO/c1-18(10-11-5-7-14(17)8-6-11)15(19)12-3-2-4-13(16)9-12/h2-9H,10H2,1H3. The fourth-order valence-electron chi connectivity index (χ4n) is 1.78. The zero-order valence-electron chi connectivity index (χ0n) is 10.4. The Bertz CT molecular complexity index is 583. The van der Waals surface area contributed by atoms with E-state index in [4.69, 9.17) is 11.6 Å². The Balaban J connectivity index is 2.09. The summed E-state index contributed by atoms with van der Waals surface area (Å²) in [6, 6.07) is 14.9. The lowest BCUT2D eigenvalue weighted by molar-refractivity contribution is 0.0785. The number of hydrogen-bond acceptors (Lipinski definition) is 1. The van der Waals surface area contributed by atoms with Crippen LogP contribution in [-0.2, 0) is 6.54 Å². The highest BCUT2D eigenvalue weighted by atomic mass is 79.9. The maximum Gasteiger partial charge on any atom is 0.253 e. The van der Waals surface area contributed by atoms with E-state index in [0.717, 1.165) is 10.0 Å². The molecule has 1 amide bonds. The van der Waals surface area contributed by atoms with Crippen LogP contribution in [0.5, 0.6) is 0 Å². The molecule has 98 valence electrons. The summed E-state index contributed by atoms with van der Waals surface area (Å²) in [7, 11) is 1.79. The van der Waals surface area contributed by atoms with Crippen molar-refractivity contribution in [2.24, 2.45) is 0 Å². The molecule has 0 saturated carbocycles. The topological polar surface area (TPSA) is 20.3 Å². The molecule has 0 spiro atoms. The van der Waals surface area contributed by atoms with Gasteiger partial charge in [-0.1, -0.05) is 45.7 Å². The number of nitrogens with zero attached hydrogens (tertiary/aromatic N) is 1. The first-order valence-electron chi connectivity index (χ1n) is 5.82. The van der Waals surface area contributed by atoms with Gasteiger partial charge in [0, 0.05) is 28.7 Å². The van der Waals surface area contributed by atoms with Gasteiger partial charge in [0.1, 0.15) is 0 Å². The van der Waals surface area contributed by atoms with Crippen LogP contribution in [0.15, 0.2) is 53.0 Å². The molecule has 2 rings (SSSR count). The van der Waals surface area contributed by atoms with E-state index in [-0.39, 0.29) is 5.91 Å². The number of benzene rings is 2. The Hall–Kier alpha value is -1.32. The lowest BCUT2D eigenvalue weighted by Crippen LogP contribution is -2.26. The Kier molecular flexibility index (Phi) is 4.61. The summed E-state index contributed by atoms with van der Waals surface area (Å²) >= 11 is 9.21. The zero-order valence-corrected chi connectivity index (χ0v) is 12.8. The van der Waals surface area contributed by atoms with Crippen molar-refractivity contribution in [3.05, 3.63) is 69.2 Å². The predicted octanol–water partition coefficient (Wildman–Crippen LogP) is 4.37. The van der Waals surface area contributed by atoms with E-state index < -0.39 is 0 Å². The van der Waals surface area contributed by atoms with Crippen molar-refractivity contribution in [2.45, 2.75) is 6.54 Å². The number of hydrogen-bond donors (Lipinski definition) is 0. The predicted molar refractivity (Wildman–Crippen MR) is 81.4 cm³/mol. The average Bonchev–Trinajstić information content (AvgIpc) is 2.40. The van der Waals surface area contributed by atoms with E-state index in [1.165, 1.54) is 0 Å². The quantitative estimate of drug-likeness (QED) is 0.813. The summed E-state index contributed by atoms with van der Waals surface area (Å²) < 4.78 is 0.901. The number of rotatable bonds is 3. The Morgan fingerprint density at radius 3 is 2.53 bits per heavy atom. The van der Waals surface area contributed by atoms with Crippen LogP contribution in [0, 0.1) is 0 Å². The summed E-state index contributed by atoms with van der Waals surface area (Å²) in [5.41, 5.74) is 1.72. The molecule has 4 heteroatoms. The average molecular weight is 339 g/mol. The number of carbonyl (C=O) groups excluding carboxylic acids is 1. The molecule has 0 aromatic heterocycles. The van der Waals surface area contributed by atoms with Crippen molar-refractivity contribution in [3.63, 3.8) is 0 Å². The molecular formula is C15H13BrClNO. The van der Waals surface area contributed by atoms with Gasteiger partial charge in [0.05, 0.1) is 0 Å². The van der Waals surface area contributed by atoms with E-state index in [1.54, 1.807) is 11.9 Å². The molecule has 0 heterocycles. The van der Waals surface area contributed by atoms with Crippen molar-refractivity contribution in [1.29, 1.82) is 0 Å². The molecule has 0 atom stereocenters. The zero-order chi connectivity index (χ0) is 13.8. The molecular weight excluding hydrogens is 326 g/mol. The lowest BCUT2D eigenvalue weighted by atomic mass is 10.1. The molecule has 0 unspecified atom stereocenters. The number of carbonyl (C=O) groups is 1. The highest BCUT2D eigenvalue weighted by Gasteiger charge is 2.12. The van der Waals surface area contributed by atoms with Gasteiger partial charge in [-0.2, -0.15) is 0 Å². The maximum absolute atomic E-state index is 12.2. The SMILES string of the molecule is CN(Cc1ccc(Cl)cc1)C(=O)c1cccc(Br)c1. The minimum atomic E-state index is -0.00347. The third-order valence-electron chi connectivity index (χ3n) is 2.75. The molecule has 2 aromatic rings. The van der Waals surface area contributed by atoms with Crippen LogP contribution in [0.2, 0.25) is 5.02 Å². The van der Waals surface area contributed by atoms with Crippen molar-refractivity contribution < 1.29 is 4.79 Å². The molecule has 0 N–H and O–H groups in total. The first-order valence-corrected chi connectivity index (χ1v) is 6.99. The van der Waals surface area contributed by atoms with E-state index in [0.29, 0.717) is 17.1 Å². The Labute approximate surface area is 126 Å². The van der Waals surface area contributed by atoms with Crippen LogP contribution in [0.25, 0.3) is 0 Å². The summed E-state index contributed by atoms with van der Waals surface area (Å²) in [5.74, 6) is -0.00347. The number of amides is 1. The first-order chi connectivity index (χ1) is 9.06. The van der Waals surface area contributed by atoms with E-state index in [1.807, 2.05) is 48.5 Å². The molecule has 0 aliphatic rings. The minimum Gasteiger partial charge on any atom is -0.337 e. The number of halogens is 2. The molecule has 0 saturated heterocycles. The normalized spacial score (nSPS) is 10.3. The fraction of sp³-hybridized carbons (Fsp3) is 0.133. The van der Waals surface area contributed by atoms with Gasteiger partial charge in [0.25, 0.3) is 5.91 Å². The summed E-state index contributed by atoms with van der Waals surface area (Å²) in [6.45, 7) is 0.558. The van der Waals surface area contributed by atoms with Crippen molar-refractivity contribution >= 4 is 33.4 Å². The van der Waals surface area contributed by atoms with Gasteiger partial charge < -0.3 is 4.90 Å². The van der Waals surface area contributed by atoms with E-state index in [2.05, 4.69) is 15.9 Å². The van der Waals surface area contributed by atoms with Crippen LogP contribution >= 0.6 is 27.5 Å². The fourth-order valence-corrected chi connectivity index (χ4v) is 2.30. The summed E-state index contributed by atoms with van der Waals surface area (Å²) in [6.07, 6.45) is 0. The van der Waals surface area contributed by atoms with Gasteiger partial charge in [-0.3, -0.25) is 4.79 Å². The monoisotopic (exact) mass is 337 g/mol. The van der Waals surface area contributed by atoms with Crippen molar-refractivity contribution in [1.82, 2.24) is 4.90 Å². The van der Waals surface area contributed by atoms with Gasteiger partial charge in [-0.05, 0) is 35.9 Å². The maximum atomic E-state index is 12.2. The molecule has 19 heavy (non-hydrogen) atoms. The van der Waals surface area contributed by atoms with Crippen LogP contribution < -0.4 is 0 Å². The van der Waals surface area contributed by atoms with Gasteiger partial charge in [0.15, 0.2) is 0 Å². The lowest BCUT2D eigenvalue weighted by Gasteiger charge is -2.17. The third kappa shape index (κ3) is 3.82. The third-order valence-corrected chi connectivity index (χ3v) is 3.50. The second-order valence-electron chi connectivity index (χ2n) is 4.30. The van der Waals surface area contributed by atoms with Crippen LogP contribution in [0.1, 0.15) is 15.9 Å². The minimum absolute atomic E-state index is 0.00347. The van der Waals surface area contributed by atoms with Crippen LogP contribution in [0.3, 0.4) is 0 Å². The molecule has 0 bridgehead atoms. The van der Waals surface area contributed by atoms with Crippen LogP contribution in [0.4, 0.5) is 0 Å². The second-order valence-corrected chi connectivity index (χ2v) is 5.65. The van der Waals surface area contributed by atoms with E-state index in [9.17, 15) is 4.79 Å². The van der Waals surface area contributed by atoms with E-state index >= 15 is 0 Å². The molecule has 0 aliphatic carbocycles. The van der Waals surface area contributed by atoms with Gasteiger partial charge in [0.2, 0.25) is 0 Å². The molecule has 0 aliphatic heterocycles. The van der Waals surface area contributed by atoms with Gasteiger partial charge >= 0.3 is 0 Å². The molecule has 0 radical (unpaired) electrons. The summed E-state index contributed by atoms with van der Waals surface area (Å²) in [4.78, 5) is 13.9. The van der Waals surface area contributed by atoms with Gasteiger partial charge in [-0.25, -0.2) is 0 Å². The highest BCUT2D eigenvalue weighted by molar-refractivity contribution is 9.10. The Morgan fingerprint density at radius 1 is 1.21 bits per heavy atom. The van der Waals surface area contributed by atoms with Crippen molar-refractivity contribution in [2.75, 3.05) is 7.05 Å². The second kappa shape index (κ2) is 6.22. The highest BCUT2D eigenvalue weighted by Crippen LogP contribution is 2.15. The molecule has 2 aromatic carbocycles. The first kappa shape index (κ1) is 14.1. The van der Waals surface area contributed by atoms with Gasteiger partial charge in [-0.15, -0.1) is 0 Å². The molecule has 2 nitrogen and oxygen atoms in total. The smallest absolute Gasteiger partial charge is 0.253 e. The molecule has 0 fully saturated rings. The van der Waals surface area contributed by atoms with Crippen molar-refractivity contribution in [3.8, 4) is 0 Å². The Morgan fingerprint density at radius 2 is 1.89 bits per heavy atom.